The first-order valence-corrected chi connectivity index (χ1v) is 6.36. The first-order chi connectivity index (χ1) is 8.63. The number of aromatic nitrogens is 1. The van der Waals surface area contributed by atoms with Gasteiger partial charge in [-0.3, -0.25) is 0 Å². The summed E-state index contributed by atoms with van der Waals surface area (Å²) in [4.78, 5) is 15.6. The van der Waals surface area contributed by atoms with E-state index in [1.807, 2.05) is 0 Å². The Morgan fingerprint density at radius 3 is 3.06 bits per heavy atom. The first kappa shape index (κ1) is 13.1. The average molecular weight is 331 g/mol. The number of ether oxygens (including phenoxy) is 1. The van der Waals surface area contributed by atoms with Crippen molar-refractivity contribution in [2.45, 2.75) is 6.92 Å². The summed E-state index contributed by atoms with van der Waals surface area (Å²) in [5.74, 6) is -0.225. The summed E-state index contributed by atoms with van der Waals surface area (Å²) >= 11 is 9.42. The Morgan fingerprint density at radius 1 is 1.56 bits per heavy atom. The molecule has 2 aromatic rings. The van der Waals surface area contributed by atoms with E-state index in [1.165, 1.54) is 6.39 Å². The first-order valence-electron chi connectivity index (χ1n) is 5.19. The zero-order valence-corrected chi connectivity index (χ0v) is 11.8. The number of rotatable bonds is 3. The molecule has 4 nitrogen and oxygen atoms in total. The molecule has 0 bridgehead atoms. The van der Waals surface area contributed by atoms with Crippen molar-refractivity contribution in [1.29, 1.82) is 0 Å². The Balaban J connectivity index is 2.48. The second kappa shape index (κ2) is 5.54. The molecule has 0 radical (unpaired) electrons. The number of carbonyl (C=O) groups excluding carboxylic acids is 1. The lowest BCUT2D eigenvalue weighted by molar-refractivity contribution is 0.0520. The molecule has 0 aliphatic carbocycles. The number of oxazole rings is 1. The van der Waals surface area contributed by atoms with E-state index in [0.29, 0.717) is 16.3 Å². The second-order valence-electron chi connectivity index (χ2n) is 3.37. The van der Waals surface area contributed by atoms with Gasteiger partial charge in [0.1, 0.15) is 0 Å². The number of esters is 1. The van der Waals surface area contributed by atoms with Crippen LogP contribution < -0.4 is 0 Å². The zero-order chi connectivity index (χ0) is 13.1. The fourth-order valence-electron chi connectivity index (χ4n) is 1.45. The third kappa shape index (κ3) is 2.57. The molecule has 1 aromatic heterocycles. The Hall–Kier alpha value is -1.33. The fraction of sp³-hybridized carbons (Fsp3) is 0.167. The fourth-order valence-corrected chi connectivity index (χ4v) is 2.02. The molecule has 0 fully saturated rings. The molecule has 0 atom stereocenters. The van der Waals surface area contributed by atoms with Crippen LogP contribution in [0.2, 0.25) is 5.02 Å². The number of carbonyl (C=O) groups is 1. The van der Waals surface area contributed by atoms with Gasteiger partial charge in [-0.2, -0.15) is 0 Å². The van der Waals surface area contributed by atoms with Gasteiger partial charge in [-0.15, -0.1) is 0 Å². The lowest BCUT2D eigenvalue weighted by Crippen LogP contribution is -2.06. The van der Waals surface area contributed by atoms with Crippen molar-refractivity contribution in [3.05, 3.63) is 39.8 Å². The van der Waals surface area contributed by atoms with Gasteiger partial charge in [0.25, 0.3) is 0 Å². The summed E-state index contributed by atoms with van der Waals surface area (Å²) in [6.07, 6.45) is 1.19. The van der Waals surface area contributed by atoms with Crippen LogP contribution in [0.1, 0.15) is 17.4 Å². The van der Waals surface area contributed by atoms with E-state index in [4.69, 9.17) is 20.8 Å². The van der Waals surface area contributed by atoms with E-state index in [2.05, 4.69) is 20.9 Å². The molecule has 1 aromatic carbocycles. The monoisotopic (exact) mass is 329 g/mol. The van der Waals surface area contributed by atoms with Crippen molar-refractivity contribution >= 4 is 33.5 Å². The highest BCUT2D eigenvalue weighted by molar-refractivity contribution is 9.10. The summed E-state index contributed by atoms with van der Waals surface area (Å²) in [5.41, 5.74) is 0.712. The molecule has 2 rings (SSSR count). The molecule has 0 aliphatic heterocycles. The molecule has 0 saturated heterocycles. The Morgan fingerprint density at radius 2 is 2.33 bits per heavy atom. The SMILES string of the molecule is CCOC(=O)c1ncoc1-c1cc(Br)ccc1Cl. The van der Waals surface area contributed by atoms with Crippen molar-refractivity contribution < 1.29 is 13.9 Å². The third-order valence-corrected chi connectivity index (χ3v) is 3.03. The molecule has 0 N–H and O–H groups in total. The van der Waals surface area contributed by atoms with Gasteiger partial charge in [0.05, 0.1) is 11.6 Å². The van der Waals surface area contributed by atoms with Gasteiger partial charge in [0.15, 0.2) is 17.8 Å². The summed E-state index contributed by atoms with van der Waals surface area (Å²) in [6, 6.07) is 5.26. The van der Waals surface area contributed by atoms with Crippen LogP contribution in [-0.4, -0.2) is 17.6 Å². The zero-order valence-electron chi connectivity index (χ0n) is 9.44. The molecule has 0 unspecified atom stereocenters. The highest BCUT2D eigenvalue weighted by Gasteiger charge is 2.21. The molecule has 1 heterocycles. The van der Waals surface area contributed by atoms with Crippen molar-refractivity contribution in [2.24, 2.45) is 0 Å². The van der Waals surface area contributed by atoms with Crippen LogP contribution in [0.5, 0.6) is 0 Å². The van der Waals surface area contributed by atoms with Gasteiger partial charge in [-0.1, -0.05) is 27.5 Å². The van der Waals surface area contributed by atoms with Crippen LogP contribution >= 0.6 is 27.5 Å². The molecule has 0 spiro atoms. The molecular weight excluding hydrogens is 321 g/mol. The van der Waals surface area contributed by atoms with Crippen molar-refractivity contribution in [3.8, 4) is 11.3 Å². The van der Waals surface area contributed by atoms with Crippen LogP contribution in [0.3, 0.4) is 0 Å². The molecule has 0 saturated carbocycles. The Labute approximate surface area is 117 Å². The van der Waals surface area contributed by atoms with Crippen molar-refractivity contribution in [2.75, 3.05) is 6.61 Å². The van der Waals surface area contributed by atoms with Gasteiger partial charge < -0.3 is 9.15 Å². The number of halogens is 2. The minimum absolute atomic E-state index is 0.122. The quantitative estimate of drug-likeness (QED) is 0.800. The number of benzene rings is 1. The average Bonchev–Trinajstić information content (AvgIpc) is 2.81. The van der Waals surface area contributed by atoms with Crippen molar-refractivity contribution in [1.82, 2.24) is 4.98 Å². The summed E-state index contributed by atoms with van der Waals surface area (Å²) in [6.45, 7) is 2.00. The predicted octanol–water partition coefficient (Wildman–Crippen LogP) is 3.93. The highest BCUT2D eigenvalue weighted by atomic mass is 79.9. The standard InChI is InChI=1S/C12H9BrClNO3/c1-2-17-12(16)10-11(18-6-15-10)8-5-7(13)3-4-9(8)14/h3-6H,2H2,1H3. The molecule has 6 heteroatoms. The molecule has 94 valence electrons. The summed E-state index contributed by atoms with van der Waals surface area (Å²) in [7, 11) is 0. The number of nitrogens with zero attached hydrogens (tertiary/aromatic N) is 1. The molecule has 0 aliphatic rings. The Bertz CT molecular complexity index is 582. The van der Waals surface area contributed by atoms with Crippen LogP contribution in [-0.2, 0) is 4.74 Å². The van der Waals surface area contributed by atoms with Crippen LogP contribution in [0.25, 0.3) is 11.3 Å². The van der Waals surface area contributed by atoms with Crippen molar-refractivity contribution in [3.63, 3.8) is 0 Å². The largest absolute Gasteiger partial charge is 0.461 e. The van der Waals surface area contributed by atoms with Crippen LogP contribution in [0.15, 0.2) is 33.5 Å². The normalized spacial score (nSPS) is 10.4. The maximum Gasteiger partial charge on any atom is 0.360 e. The molecule has 18 heavy (non-hydrogen) atoms. The molecule has 0 amide bonds. The van der Waals surface area contributed by atoms with Crippen LogP contribution in [0.4, 0.5) is 0 Å². The number of hydrogen-bond acceptors (Lipinski definition) is 4. The van der Waals surface area contributed by atoms with Gasteiger partial charge in [0.2, 0.25) is 0 Å². The minimum Gasteiger partial charge on any atom is -0.461 e. The molecular formula is C12H9BrClNO3. The van der Waals surface area contributed by atoms with E-state index >= 15 is 0 Å². The van der Waals surface area contributed by atoms with Gasteiger partial charge in [0, 0.05) is 10.0 Å². The number of hydrogen-bond donors (Lipinski definition) is 0. The van der Waals surface area contributed by atoms with Gasteiger partial charge >= 0.3 is 5.97 Å². The highest BCUT2D eigenvalue weighted by Crippen LogP contribution is 2.32. The van der Waals surface area contributed by atoms with E-state index in [-0.39, 0.29) is 12.3 Å². The maximum absolute atomic E-state index is 11.7. The van der Waals surface area contributed by atoms with E-state index < -0.39 is 5.97 Å². The smallest absolute Gasteiger partial charge is 0.360 e. The third-order valence-electron chi connectivity index (χ3n) is 2.21. The maximum atomic E-state index is 11.7. The van der Waals surface area contributed by atoms with E-state index in [0.717, 1.165) is 4.47 Å². The lowest BCUT2D eigenvalue weighted by atomic mass is 10.1. The van der Waals surface area contributed by atoms with E-state index in [1.54, 1.807) is 25.1 Å². The lowest BCUT2D eigenvalue weighted by Gasteiger charge is -2.04. The van der Waals surface area contributed by atoms with Crippen LogP contribution in [0, 0.1) is 0 Å². The van der Waals surface area contributed by atoms with Gasteiger partial charge in [-0.25, -0.2) is 9.78 Å². The summed E-state index contributed by atoms with van der Waals surface area (Å²) in [5, 5.41) is 0.473. The van der Waals surface area contributed by atoms with E-state index in [9.17, 15) is 4.79 Å². The summed E-state index contributed by atoms with van der Waals surface area (Å²) < 4.78 is 11.0. The second-order valence-corrected chi connectivity index (χ2v) is 4.70. The topological polar surface area (TPSA) is 52.3 Å². The minimum atomic E-state index is -0.530. The predicted molar refractivity (Wildman–Crippen MR) is 70.6 cm³/mol. The Kier molecular flexibility index (Phi) is 4.04. The van der Waals surface area contributed by atoms with Gasteiger partial charge in [-0.05, 0) is 25.1 Å².